The van der Waals surface area contributed by atoms with E-state index < -0.39 is 12.6 Å². The van der Waals surface area contributed by atoms with Crippen LogP contribution in [0.2, 0.25) is 0 Å². The zero-order chi connectivity index (χ0) is 20.6. The lowest BCUT2D eigenvalue weighted by molar-refractivity contribution is -0.126. The SMILES string of the molecule is FC(F)(F)Cc1cc2c(N3CCC4(CN(CC5CC6(CCC6)C5)C4)C3)ncnc2s1. The van der Waals surface area contributed by atoms with Crippen LogP contribution >= 0.6 is 11.3 Å². The van der Waals surface area contributed by atoms with Gasteiger partial charge in [0.1, 0.15) is 17.0 Å². The third-order valence-corrected chi connectivity index (χ3v) is 9.01. The highest BCUT2D eigenvalue weighted by Gasteiger charge is 2.52. The number of rotatable bonds is 4. The molecule has 4 fully saturated rings. The smallest absolute Gasteiger partial charge is 0.355 e. The molecule has 0 aromatic carbocycles. The maximum absolute atomic E-state index is 12.8. The summed E-state index contributed by atoms with van der Waals surface area (Å²) in [6, 6.07) is 1.65. The molecule has 2 saturated carbocycles. The largest absolute Gasteiger partial charge is 0.393 e. The van der Waals surface area contributed by atoms with Crippen molar-refractivity contribution in [1.82, 2.24) is 14.9 Å². The van der Waals surface area contributed by atoms with Crippen LogP contribution in [-0.2, 0) is 6.42 Å². The highest BCUT2D eigenvalue weighted by atomic mass is 32.1. The number of hydrogen-bond acceptors (Lipinski definition) is 5. The molecular formula is C22H27F3N4S. The van der Waals surface area contributed by atoms with Crippen molar-refractivity contribution < 1.29 is 13.2 Å². The lowest BCUT2D eigenvalue weighted by atomic mass is 9.51. The molecule has 0 unspecified atom stereocenters. The Morgan fingerprint density at radius 1 is 1.07 bits per heavy atom. The van der Waals surface area contributed by atoms with Crippen LogP contribution in [0.1, 0.15) is 43.4 Å². The van der Waals surface area contributed by atoms with Crippen molar-refractivity contribution in [3.63, 3.8) is 0 Å². The molecule has 0 N–H and O–H groups in total. The van der Waals surface area contributed by atoms with Crippen LogP contribution in [0.3, 0.4) is 0 Å². The number of thiophene rings is 1. The summed E-state index contributed by atoms with van der Waals surface area (Å²) >= 11 is 1.13. The van der Waals surface area contributed by atoms with Crippen molar-refractivity contribution in [2.45, 2.75) is 51.1 Å². The molecule has 4 heterocycles. The Hall–Kier alpha value is -1.41. The first-order chi connectivity index (χ1) is 14.3. The van der Waals surface area contributed by atoms with E-state index in [0.717, 1.165) is 66.5 Å². The lowest BCUT2D eigenvalue weighted by Gasteiger charge is -2.57. The van der Waals surface area contributed by atoms with Gasteiger partial charge in [-0.2, -0.15) is 13.2 Å². The number of nitrogens with zero attached hydrogens (tertiary/aromatic N) is 4. The second-order valence-electron chi connectivity index (χ2n) is 10.4. The van der Waals surface area contributed by atoms with Crippen LogP contribution in [0, 0.1) is 16.7 Å². The molecule has 2 saturated heterocycles. The third kappa shape index (κ3) is 3.30. The van der Waals surface area contributed by atoms with E-state index in [1.54, 1.807) is 6.07 Å². The van der Waals surface area contributed by atoms with Gasteiger partial charge in [0.05, 0.1) is 11.8 Å². The van der Waals surface area contributed by atoms with E-state index in [0.29, 0.717) is 15.1 Å². The highest BCUT2D eigenvalue weighted by molar-refractivity contribution is 7.18. The Bertz CT molecular complexity index is 953. The second-order valence-corrected chi connectivity index (χ2v) is 11.5. The quantitative estimate of drug-likeness (QED) is 0.683. The summed E-state index contributed by atoms with van der Waals surface area (Å²) < 4.78 is 38.4. The number of alkyl halides is 3. The van der Waals surface area contributed by atoms with Crippen LogP contribution in [0.4, 0.5) is 19.0 Å². The Kier molecular flexibility index (Phi) is 4.21. The Morgan fingerprint density at radius 3 is 2.57 bits per heavy atom. The predicted octanol–water partition coefficient (Wildman–Crippen LogP) is 4.89. The molecule has 6 rings (SSSR count). The van der Waals surface area contributed by atoms with Crippen LogP contribution in [0.25, 0.3) is 10.2 Å². The van der Waals surface area contributed by atoms with Gasteiger partial charge in [-0.1, -0.05) is 6.42 Å². The number of halogens is 3. The Labute approximate surface area is 178 Å². The molecule has 2 aliphatic heterocycles. The average Bonchev–Trinajstić information content (AvgIpc) is 3.17. The minimum absolute atomic E-state index is 0.313. The summed E-state index contributed by atoms with van der Waals surface area (Å²) in [5.74, 6) is 1.71. The zero-order valence-electron chi connectivity index (χ0n) is 17.0. The maximum Gasteiger partial charge on any atom is 0.393 e. The molecule has 4 aliphatic rings. The average molecular weight is 437 g/mol. The first kappa shape index (κ1) is 19.3. The number of fused-ring (bicyclic) bond motifs is 1. The van der Waals surface area contributed by atoms with E-state index in [9.17, 15) is 13.2 Å². The number of likely N-dealkylation sites (tertiary alicyclic amines) is 1. The summed E-state index contributed by atoms with van der Waals surface area (Å²) in [7, 11) is 0. The first-order valence-electron chi connectivity index (χ1n) is 11.1. The molecule has 2 aromatic heterocycles. The van der Waals surface area contributed by atoms with Gasteiger partial charge in [0.2, 0.25) is 0 Å². The summed E-state index contributed by atoms with van der Waals surface area (Å²) in [6.07, 6.45) is 4.80. The van der Waals surface area contributed by atoms with Crippen molar-refractivity contribution in [2.24, 2.45) is 16.7 Å². The van der Waals surface area contributed by atoms with E-state index in [1.807, 2.05) is 0 Å². The van der Waals surface area contributed by atoms with E-state index in [2.05, 4.69) is 19.8 Å². The molecule has 4 nitrogen and oxygen atoms in total. The lowest BCUT2D eigenvalue weighted by Crippen LogP contribution is -2.60. The van der Waals surface area contributed by atoms with Gasteiger partial charge in [-0.25, -0.2) is 9.97 Å². The fourth-order valence-electron chi connectivity index (χ4n) is 6.58. The Morgan fingerprint density at radius 2 is 1.87 bits per heavy atom. The number of aromatic nitrogens is 2. The molecule has 0 radical (unpaired) electrons. The van der Waals surface area contributed by atoms with Crippen molar-refractivity contribution in [3.8, 4) is 0 Å². The molecule has 2 aromatic rings. The van der Waals surface area contributed by atoms with Gasteiger partial charge in [0.15, 0.2) is 0 Å². The fourth-order valence-corrected chi connectivity index (χ4v) is 7.60. The van der Waals surface area contributed by atoms with Gasteiger partial charge < -0.3 is 9.80 Å². The van der Waals surface area contributed by atoms with Crippen molar-refractivity contribution in [3.05, 3.63) is 17.3 Å². The van der Waals surface area contributed by atoms with Crippen LogP contribution in [0.5, 0.6) is 0 Å². The molecule has 0 atom stereocenters. The van der Waals surface area contributed by atoms with Gasteiger partial charge in [0.25, 0.3) is 0 Å². The third-order valence-electron chi connectivity index (χ3n) is 7.96. The molecule has 0 bridgehead atoms. The molecule has 2 spiro atoms. The predicted molar refractivity (Wildman–Crippen MR) is 112 cm³/mol. The topological polar surface area (TPSA) is 32.3 Å². The monoisotopic (exact) mass is 436 g/mol. The van der Waals surface area contributed by atoms with Gasteiger partial charge in [0, 0.05) is 43.0 Å². The Balaban J connectivity index is 1.10. The number of anilines is 1. The molecule has 0 amide bonds. The van der Waals surface area contributed by atoms with Crippen LogP contribution < -0.4 is 4.90 Å². The normalized spacial score (nSPS) is 25.6. The molecular weight excluding hydrogens is 409 g/mol. The van der Waals surface area contributed by atoms with E-state index >= 15 is 0 Å². The molecule has 8 heteroatoms. The van der Waals surface area contributed by atoms with E-state index in [4.69, 9.17) is 0 Å². The molecule has 2 aliphatic carbocycles. The van der Waals surface area contributed by atoms with Crippen LogP contribution in [0.15, 0.2) is 12.4 Å². The standard InChI is InChI=1S/C22H27F3N4S/c23-22(24,25)9-16-6-17-18(26-14-27-19(17)30-16)29-5-4-21(13-29)11-28(12-21)10-15-7-20(8-15)2-1-3-20/h6,14-15H,1-5,7-13H2. The van der Waals surface area contributed by atoms with Crippen molar-refractivity contribution >= 4 is 27.4 Å². The fraction of sp³-hybridized carbons (Fsp3) is 0.727. The summed E-state index contributed by atoms with van der Waals surface area (Å²) in [5.41, 5.74) is 1.08. The maximum atomic E-state index is 12.8. The first-order valence-corrected chi connectivity index (χ1v) is 11.9. The number of hydrogen-bond donors (Lipinski definition) is 0. The minimum Gasteiger partial charge on any atom is -0.355 e. The van der Waals surface area contributed by atoms with Crippen LogP contribution in [-0.4, -0.2) is 53.8 Å². The van der Waals surface area contributed by atoms with E-state index in [-0.39, 0.29) is 0 Å². The second kappa shape index (κ2) is 6.55. The minimum atomic E-state index is -4.19. The summed E-state index contributed by atoms with van der Waals surface area (Å²) in [4.78, 5) is 14.6. The van der Waals surface area contributed by atoms with Gasteiger partial charge in [-0.05, 0) is 49.5 Å². The van der Waals surface area contributed by atoms with Gasteiger partial charge in [-0.3, -0.25) is 0 Å². The highest BCUT2D eigenvalue weighted by Crippen LogP contribution is 2.59. The van der Waals surface area contributed by atoms with Crippen molar-refractivity contribution in [2.75, 3.05) is 37.6 Å². The summed E-state index contributed by atoms with van der Waals surface area (Å²) in [6.45, 7) is 5.45. The molecule has 30 heavy (non-hydrogen) atoms. The zero-order valence-corrected chi connectivity index (χ0v) is 17.9. The van der Waals surface area contributed by atoms with Crippen molar-refractivity contribution in [1.29, 1.82) is 0 Å². The van der Waals surface area contributed by atoms with Gasteiger partial charge in [-0.15, -0.1) is 11.3 Å². The molecule has 162 valence electrons. The summed E-state index contributed by atoms with van der Waals surface area (Å²) in [5, 5.41) is 0.773. The van der Waals surface area contributed by atoms with E-state index in [1.165, 1.54) is 45.0 Å². The van der Waals surface area contributed by atoms with Gasteiger partial charge >= 0.3 is 6.18 Å².